The summed E-state index contributed by atoms with van der Waals surface area (Å²) in [6.45, 7) is 2.92. The minimum absolute atomic E-state index is 0. The molecule has 1 aromatic rings. The molecule has 0 saturated heterocycles. The number of halogens is 3. The molecule has 0 aliphatic heterocycles. The van der Waals surface area contributed by atoms with Gasteiger partial charge in [-0.1, -0.05) is 5.92 Å². The molecule has 0 amide bonds. The number of nitrogens with zero attached hydrogens (tertiary/aromatic N) is 1. The lowest BCUT2D eigenvalue weighted by atomic mass is 10.2. The number of hydrogen-bond donors (Lipinski definition) is 2. The minimum atomic E-state index is -0.483. The number of benzene rings is 1. The summed E-state index contributed by atoms with van der Waals surface area (Å²) in [4.78, 5) is 4.12. The van der Waals surface area contributed by atoms with E-state index in [1.165, 1.54) is 0 Å². The highest BCUT2D eigenvalue weighted by atomic mass is 127. The number of nitrogens with one attached hydrogen (secondary N) is 2. The van der Waals surface area contributed by atoms with Gasteiger partial charge >= 0.3 is 0 Å². The number of guanidine groups is 1. The van der Waals surface area contributed by atoms with E-state index in [2.05, 4.69) is 21.5 Å². The quantitative estimate of drug-likeness (QED) is 0.365. The van der Waals surface area contributed by atoms with Gasteiger partial charge in [0, 0.05) is 12.1 Å². The molecule has 0 aliphatic carbocycles. The topological polar surface area (TPSA) is 36.4 Å². The van der Waals surface area contributed by atoms with E-state index in [-0.39, 0.29) is 36.1 Å². The van der Waals surface area contributed by atoms with Crippen LogP contribution in [-0.4, -0.2) is 19.0 Å². The van der Waals surface area contributed by atoms with E-state index in [1.807, 2.05) is 6.92 Å². The van der Waals surface area contributed by atoms with Crippen molar-refractivity contribution < 1.29 is 8.78 Å². The van der Waals surface area contributed by atoms with Crippen molar-refractivity contribution in [1.29, 1.82) is 0 Å². The summed E-state index contributed by atoms with van der Waals surface area (Å²) in [6, 6.07) is 3.29. The van der Waals surface area contributed by atoms with Gasteiger partial charge in [-0.25, -0.2) is 13.8 Å². The van der Waals surface area contributed by atoms with Crippen LogP contribution >= 0.6 is 24.0 Å². The second kappa shape index (κ2) is 9.55. The molecular weight excluding hydrogens is 363 g/mol. The summed E-state index contributed by atoms with van der Waals surface area (Å²) in [6.07, 6.45) is 5.12. The van der Waals surface area contributed by atoms with Crippen LogP contribution in [0.1, 0.15) is 12.5 Å². The second-order valence-corrected chi connectivity index (χ2v) is 3.49. The third kappa shape index (κ3) is 6.38. The normalized spacial score (nSPS) is 10.3. The summed E-state index contributed by atoms with van der Waals surface area (Å²) >= 11 is 0. The maximum absolute atomic E-state index is 13.3. The van der Waals surface area contributed by atoms with E-state index in [0.717, 1.165) is 18.2 Å². The highest BCUT2D eigenvalue weighted by Crippen LogP contribution is 2.10. The Kier molecular flexibility index (Phi) is 8.87. The maximum Gasteiger partial charge on any atom is 0.192 e. The van der Waals surface area contributed by atoms with Gasteiger partial charge in [0.05, 0.1) is 13.1 Å². The Labute approximate surface area is 128 Å². The van der Waals surface area contributed by atoms with Gasteiger partial charge in [-0.05, 0) is 25.1 Å². The van der Waals surface area contributed by atoms with Crippen molar-refractivity contribution in [3.05, 3.63) is 35.4 Å². The highest BCUT2D eigenvalue weighted by molar-refractivity contribution is 14.0. The molecule has 0 radical (unpaired) electrons. The Balaban J connectivity index is 0.00000324. The van der Waals surface area contributed by atoms with Crippen molar-refractivity contribution in [2.24, 2.45) is 4.99 Å². The zero-order valence-electron chi connectivity index (χ0n) is 10.5. The van der Waals surface area contributed by atoms with E-state index in [4.69, 9.17) is 6.42 Å². The van der Waals surface area contributed by atoms with E-state index < -0.39 is 11.6 Å². The van der Waals surface area contributed by atoms with Crippen LogP contribution < -0.4 is 10.6 Å². The molecule has 1 rings (SSSR count). The van der Waals surface area contributed by atoms with Gasteiger partial charge < -0.3 is 10.6 Å². The lowest BCUT2D eigenvalue weighted by Gasteiger charge is -2.09. The van der Waals surface area contributed by atoms with Gasteiger partial charge in [-0.3, -0.25) is 0 Å². The monoisotopic (exact) mass is 379 g/mol. The van der Waals surface area contributed by atoms with Crippen LogP contribution in [0, 0.1) is 24.0 Å². The lowest BCUT2D eigenvalue weighted by Crippen LogP contribution is -2.37. The molecule has 3 nitrogen and oxygen atoms in total. The van der Waals surface area contributed by atoms with Crippen molar-refractivity contribution in [2.45, 2.75) is 13.5 Å². The molecule has 0 aromatic heterocycles. The standard InChI is InChI=1S/C13H15F2N3.HI/c1-3-7-17-13(16-4-2)18-9-10-8-11(14)5-6-12(10)15;/h1,5-6,8H,4,7,9H2,2H3,(H2,16,17,18);1H. The van der Waals surface area contributed by atoms with Crippen molar-refractivity contribution in [3.8, 4) is 12.3 Å². The molecule has 0 spiro atoms. The van der Waals surface area contributed by atoms with Gasteiger partial charge in [0.1, 0.15) is 11.6 Å². The van der Waals surface area contributed by atoms with Crippen LogP contribution in [0.4, 0.5) is 8.78 Å². The van der Waals surface area contributed by atoms with E-state index in [0.29, 0.717) is 19.0 Å². The van der Waals surface area contributed by atoms with Crippen LogP contribution in [0.2, 0.25) is 0 Å². The molecular formula is C13H16F2IN3. The molecule has 0 aliphatic rings. The zero-order valence-corrected chi connectivity index (χ0v) is 12.9. The fourth-order valence-corrected chi connectivity index (χ4v) is 1.31. The summed E-state index contributed by atoms with van der Waals surface area (Å²) in [7, 11) is 0. The summed E-state index contributed by atoms with van der Waals surface area (Å²) in [5, 5.41) is 5.81. The molecule has 104 valence electrons. The Bertz CT molecular complexity index is 469. The first-order valence-electron chi connectivity index (χ1n) is 5.57. The molecule has 0 heterocycles. The Morgan fingerprint density at radius 2 is 2.11 bits per heavy atom. The van der Waals surface area contributed by atoms with Crippen LogP contribution in [0.3, 0.4) is 0 Å². The molecule has 0 bridgehead atoms. The Hall–Kier alpha value is -1.36. The maximum atomic E-state index is 13.3. The van der Waals surface area contributed by atoms with Gasteiger partial charge in [-0.2, -0.15) is 0 Å². The molecule has 0 atom stereocenters. The van der Waals surface area contributed by atoms with Crippen LogP contribution in [-0.2, 0) is 6.54 Å². The second-order valence-electron chi connectivity index (χ2n) is 3.49. The van der Waals surface area contributed by atoms with Crippen molar-refractivity contribution in [3.63, 3.8) is 0 Å². The van der Waals surface area contributed by atoms with Gasteiger partial charge in [0.15, 0.2) is 5.96 Å². The van der Waals surface area contributed by atoms with Crippen molar-refractivity contribution in [1.82, 2.24) is 10.6 Å². The average Bonchev–Trinajstić information content (AvgIpc) is 2.36. The number of hydrogen-bond acceptors (Lipinski definition) is 1. The van der Waals surface area contributed by atoms with E-state index in [9.17, 15) is 8.78 Å². The lowest BCUT2D eigenvalue weighted by molar-refractivity contribution is 0.585. The van der Waals surface area contributed by atoms with Crippen LogP contribution in [0.15, 0.2) is 23.2 Å². The summed E-state index contributed by atoms with van der Waals surface area (Å²) in [5.41, 5.74) is 0.202. The van der Waals surface area contributed by atoms with Gasteiger partial charge in [-0.15, -0.1) is 30.4 Å². The van der Waals surface area contributed by atoms with E-state index >= 15 is 0 Å². The number of rotatable bonds is 4. The molecule has 2 N–H and O–H groups in total. The largest absolute Gasteiger partial charge is 0.357 e. The SMILES string of the molecule is C#CCNC(=NCc1cc(F)ccc1F)NCC.I. The number of terminal acetylenes is 1. The Morgan fingerprint density at radius 1 is 1.37 bits per heavy atom. The predicted octanol–water partition coefficient (Wildman–Crippen LogP) is 2.27. The Morgan fingerprint density at radius 3 is 2.74 bits per heavy atom. The zero-order chi connectivity index (χ0) is 13.4. The highest BCUT2D eigenvalue weighted by Gasteiger charge is 2.03. The van der Waals surface area contributed by atoms with Crippen molar-refractivity contribution in [2.75, 3.05) is 13.1 Å². The first-order chi connectivity index (χ1) is 8.67. The molecule has 0 saturated carbocycles. The van der Waals surface area contributed by atoms with E-state index in [1.54, 1.807) is 0 Å². The summed E-state index contributed by atoms with van der Waals surface area (Å²) in [5.74, 6) is 1.92. The molecule has 19 heavy (non-hydrogen) atoms. The molecule has 6 heteroatoms. The van der Waals surface area contributed by atoms with Crippen LogP contribution in [0.5, 0.6) is 0 Å². The molecule has 0 unspecified atom stereocenters. The summed E-state index contributed by atoms with van der Waals surface area (Å²) < 4.78 is 26.3. The van der Waals surface area contributed by atoms with Gasteiger partial charge in [0.25, 0.3) is 0 Å². The fourth-order valence-electron chi connectivity index (χ4n) is 1.31. The molecule has 0 fully saturated rings. The smallest absolute Gasteiger partial charge is 0.192 e. The predicted molar refractivity (Wildman–Crippen MR) is 83.4 cm³/mol. The first kappa shape index (κ1) is 17.6. The van der Waals surface area contributed by atoms with Gasteiger partial charge in [0.2, 0.25) is 0 Å². The number of aliphatic imine (C=N–C) groups is 1. The molecule has 1 aromatic carbocycles. The average molecular weight is 379 g/mol. The minimum Gasteiger partial charge on any atom is -0.357 e. The van der Waals surface area contributed by atoms with Crippen molar-refractivity contribution >= 4 is 29.9 Å². The third-order valence-corrected chi connectivity index (χ3v) is 2.12. The first-order valence-corrected chi connectivity index (χ1v) is 5.57. The van der Waals surface area contributed by atoms with Crippen LogP contribution in [0.25, 0.3) is 0 Å². The third-order valence-electron chi connectivity index (χ3n) is 2.12. The fraction of sp³-hybridized carbons (Fsp3) is 0.308.